The highest BCUT2D eigenvalue weighted by atomic mass is 35.5. The van der Waals surface area contributed by atoms with Crippen molar-refractivity contribution >= 4 is 81.2 Å². The number of hydrogen-bond donors (Lipinski definition) is 2. The van der Waals surface area contributed by atoms with Gasteiger partial charge < -0.3 is 10.6 Å². The van der Waals surface area contributed by atoms with Crippen molar-refractivity contribution in [2.45, 2.75) is 10.1 Å². The lowest BCUT2D eigenvalue weighted by Crippen LogP contribution is -2.16. The Balaban J connectivity index is 1.43. The number of fused-ring (bicyclic) bond motifs is 1. The van der Waals surface area contributed by atoms with Crippen LogP contribution in [-0.4, -0.2) is 43.3 Å². The average molecular weight is 531 g/mol. The number of aromatic nitrogens is 4. The summed E-state index contributed by atoms with van der Waals surface area (Å²) >= 11 is 14.1. The second-order valence-electron chi connectivity index (χ2n) is 6.72. The van der Waals surface area contributed by atoms with Crippen LogP contribution in [0.25, 0.3) is 11.0 Å². The molecule has 0 atom stereocenters. The van der Waals surface area contributed by atoms with Crippen molar-refractivity contribution in [3.63, 3.8) is 0 Å². The molecule has 0 saturated carbocycles. The van der Waals surface area contributed by atoms with Crippen LogP contribution < -0.4 is 10.6 Å². The van der Waals surface area contributed by atoms with Crippen LogP contribution in [0.15, 0.2) is 71.0 Å². The molecular formula is C22H16Cl2N6O2S2. The number of amides is 2. The van der Waals surface area contributed by atoms with Crippen LogP contribution in [0.4, 0.5) is 11.6 Å². The molecular weight excluding hydrogens is 515 g/mol. The Kier molecular flexibility index (Phi) is 8.17. The topological polar surface area (TPSA) is 110 Å². The summed E-state index contributed by atoms with van der Waals surface area (Å²) < 4.78 is 0. The molecule has 172 valence electrons. The van der Waals surface area contributed by atoms with Gasteiger partial charge in [-0.05, 0) is 36.4 Å². The number of hydrogen-bond acceptors (Lipinski definition) is 8. The Labute approximate surface area is 213 Å². The van der Waals surface area contributed by atoms with Crippen molar-refractivity contribution in [1.82, 2.24) is 19.9 Å². The second-order valence-corrected chi connectivity index (χ2v) is 9.52. The molecule has 0 aliphatic rings. The van der Waals surface area contributed by atoms with E-state index in [4.69, 9.17) is 23.2 Å². The van der Waals surface area contributed by atoms with Crippen LogP contribution in [0, 0.1) is 0 Å². The number of anilines is 2. The van der Waals surface area contributed by atoms with Gasteiger partial charge in [0.2, 0.25) is 11.8 Å². The summed E-state index contributed by atoms with van der Waals surface area (Å²) in [6, 6.07) is 14.0. The van der Waals surface area contributed by atoms with E-state index in [1.807, 2.05) is 24.3 Å². The largest absolute Gasteiger partial charge is 0.310 e. The van der Waals surface area contributed by atoms with Gasteiger partial charge in [-0.15, -0.1) is 0 Å². The maximum Gasteiger partial charge on any atom is 0.235 e. The van der Waals surface area contributed by atoms with Crippen molar-refractivity contribution in [1.29, 1.82) is 0 Å². The highest BCUT2D eigenvalue weighted by Crippen LogP contribution is 2.30. The number of nitrogens with zero attached hydrogens (tertiary/aromatic N) is 4. The molecule has 34 heavy (non-hydrogen) atoms. The molecule has 0 saturated heterocycles. The minimum absolute atomic E-state index is 0.0891. The van der Waals surface area contributed by atoms with E-state index in [1.54, 1.807) is 24.3 Å². The maximum absolute atomic E-state index is 12.4. The molecule has 0 aliphatic carbocycles. The quantitative estimate of drug-likeness (QED) is 0.299. The van der Waals surface area contributed by atoms with Crippen LogP contribution in [0.5, 0.6) is 0 Å². The lowest BCUT2D eigenvalue weighted by molar-refractivity contribution is -0.114. The zero-order valence-corrected chi connectivity index (χ0v) is 20.5. The summed E-state index contributed by atoms with van der Waals surface area (Å²) in [5.41, 5.74) is 1.40. The highest BCUT2D eigenvalue weighted by molar-refractivity contribution is 8.02. The van der Waals surface area contributed by atoms with Gasteiger partial charge in [0.1, 0.15) is 21.7 Å². The predicted octanol–water partition coefficient (Wildman–Crippen LogP) is 5.19. The van der Waals surface area contributed by atoms with E-state index in [1.165, 1.54) is 35.9 Å². The molecule has 1 aromatic carbocycles. The number of carbonyl (C=O) groups excluding carboxylic acids is 2. The Bertz CT molecular complexity index is 1220. The molecule has 0 bridgehead atoms. The number of nitrogens with one attached hydrogen (secondary N) is 2. The van der Waals surface area contributed by atoms with Crippen molar-refractivity contribution in [3.8, 4) is 0 Å². The Morgan fingerprint density at radius 2 is 1.15 bits per heavy atom. The molecule has 12 heteroatoms. The normalized spacial score (nSPS) is 10.8. The minimum atomic E-state index is -0.253. The van der Waals surface area contributed by atoms with Gasteiger partial charge in [0, 0.05) is 12.4 Å². The van der Waals surface area contributed by atoms with Gasteiger partial charge in [-0.25, -0.2) is 19.9 Å². The van der Waals surface area contributed by atoms with Gasteiger partial charge in [0.05, 0.1) is 32.6 Å². The lowest BCUT2D eigenvalue weighted by Gasteiger charge is -2.10. The number of para-hydroxylation sites is 2. The molecule has 8 nitrogen and oxygen atoms in total. The molecule has 0 aliphatic heterocycles. The molecule has 4 aromatic rings. The van der Waals surface area contributed by atoms with Gasteiger partial charge in [0.25, 0.3) is 0 Å². The first-order chi connectivity index (χ1) is 16.5. The number of carbonyl (C=O) groups is 2. The smallest absolute Gasteiger partial charge is 0.235 e. The first-order valence-corrected chi connectivity index (χ1v) is 12.5. The first kappa shape index (κ1) is 24.2. The third kappa shape index (κ3) is 6.80. The van der Waals surface area contributed by atoms with Gasteiger partial charge >= 0.3 is 0 Å². The van der Waals surface area contributed by atoms with Gasteiger partial charge in [0.15, 0.2) is 0 Å². The van der Waals surface area contributed by atoms with Crippen LogP contribution in [0.3, 0.4) is 0 Å². The van der Waals surface area contributed by atoms with Crippen LogP contribution in [0.2, 0.25) is 10.0 Å². The lowest BCUT2D eigenvalue weighted by atomic mass is 10.3. The fourth-order valence-electron chi connectivity index (χ4n) is 2.68. The number of pyridine rings is 2. The van der Waals surface area contributed by atoms with E-state index in [-0.39, 0.29) is 23.3 Å². The molecule has 0 spiro atoms. The molecule has 4 rings (SSSR count). The van der Waals surface area contributed by atoms with Crippen molar-refractivity contribution < 1.29 is 9.59 Å². The predicted molar refractivity (Wildman–Crippen MR) is 137 cm³/mol. The van der Waals surface area contributed by atoms with Crippen molar-refractivity contribution in [3.05, 3.63) is 71.0 Å². The molecule has 0 radical (unpaired) electrons. The second kappa shape index (κ2) is 11.5. The minimum Gasteiger partial charge on any atom is -0.310 e. The summed E-state index contributed by atoms with van der Waals surface area (Å²) in [7, 11) is 0. The third-order valence-corrected chi connectivity index (χ3v) is 6.68. The number of rotatable bonds is 8. The number of halogens is 2. The van der Waals surface area contributed by atoms with Gasteiger partial charge in [-0.3, -0.25) is 9.59 Å². The summed E-state index contributed by atoms with van der Waals surface area (Å²) in [5, 5.41) is 7.50. The number of benzene rings is 1. The van der Waals surface area contributed by atoms with E-state index >= 15 is 0 Å². The first-order valence-electron chi connectivity index (χ1n) is 9.81. The molecule has 2 N–H and O–H groups in total. The average Bonchev–Trinajstić information content (AvgIpc) is 2.84. The highest BCUT2D eigenvalue weighted by Gasteiger charge is 2.15. The van der Waals surface area contributed by atoms with Crippen molar-refractivity contribution in [2.75, 3.05) is 22.1 Å². The molecule has 3 aromatic heterocycles. The van der Waals surface area contributed by atoms with E-state index < -0.39 is 0 Å². The standard InChI is InChI=1S/C22H16Cl2N6O2S2/c23-13-5-7-17(25-9-13)29-19(31)11-33-21-22(28-16-4-2-1-3-15(16)27-21)34-12-20(32)30-18-8-6-14(24)10-26-18/h1-10H,11-12H2,(H,25,29,31)(H,26,30,32). The molecule has 0 unspecified atom stereocenters. The fourth-order valence-corrected chi connectivity index (χ4v) is 4.60. The van der Waals surface area contributed by atoms with E-state index in [0.29, 0.717) is 42.8 Å². The van der Waals surface area contributed by atoms with Crippen LogP contribution >= 0.6 is 46.7 Å². The summed E-state index contributed by atoms with van der Waals surface area (Å²) in [5.74, 6) is 0.482. The third-order valence-electron chi connectivity index (χ3n) is 4.18. The van der Waals surface area contributed by atoms with E-state index in [9.17, 15) is 9.59 Å². The SMILES string of the molecule is O=C(CSc1nc2ccccc2nc1SCC(=O)Nc1ccc(Cl)cn1)Nc1ccc(Cl)cn1. The zero-order chi connectivity index (χ0) is 23.9. The summed E-state index contributed by atoms with van der Waals surface area (Å²) in [6.07, 6.45) is 2.91. The zero-order valence-electron chi connectivity index (χ0n) is 17.4. The number of thioether (sulfide) groups is 2. The molecule has 3 heterocycles. The Morgan fingerprint density at radius 1 is 0.706 bits per heavy atom. The van der Waals surface area contributed by atoms with E-state index in [0.717, 1.165) is 0 Å². The summed E-state index contributed by atoms with van der Waals surface area (Å²) in [6.45, 7) is 0. The molecule has 0 fully saturated rings. The maximum atomic E-state index is 12.4. The van der Waals surface area contributed by atoms with Gasteiger partial charge in [-0.1, -0.05) is 58.9 Å². The van der Waals surface area contributed by atoms with E-state index in [2.05, 4.69) is 30.6 Å². The Hall–Kier alpha value is -2.92. The fraction of sp³-hybridized carbons (Fsp3) is 0.0909. The van der Waals surface area contributed by atoms with Crippen molar-refractivity contribution in [2.24, 2.45) is 0 Å². The molecule has 2 amide bonds. The summed E-state index contributed by atoms with van der Waals surface area (Å²) in [4.78, 5) is 42.2. The van der Waals surface area contributed by atoms with Crippen LogP contribution in [0.1, 0.15) is 0 Å². The Morgan fingerprint density at radius 3 is 1.53 bits per heavy atom. The monoisotopic (exact) mass is 530 g/mol. The van der Waals surface area contributed by atoms with Gasteiger partial charge in [-0.2, -0.15) is 0 Å². The van der Waals surface area contributed by atoms with Crippen LogP contribution in [-0.2, 0) is 9.59 Å².